The number of hydrogen-bond donors (Lipinski definition) is 0. The molecule has 0 aromatic rings. The predicted octanol–water partition coefficient (Wildman–Crippen LogP) is 2.92. The van der Waals surface area contributed by atoms with E-state index in [4.69, 9.17) is 0 Å². The second-order valence-corrected chi connectivity index (χ2v) is 5.92. The summed E-state index contributed by atoms with van der Waals surface area (Å²) in [6.07, 6.45) is 3.72. The quantitative estimate of drug-likeness (QED) is 0.619. The van der Waals surface area contributed by atoms with Gasteiger partial charge in [-0.05, 0) is 32.6 Å². The Morgan fingerprint density at radius 1 is 1.36 bits per heavy atom. The molecular formula is C9H15BrO. The molecule has 1 aliphatic carbocycles. The van der Waals surface area contributed by atoms with Crippen LogP contribution >= 0.6 is 15.9 Å². The summed E-state index contributed by atoms with van der Waals surface area (Å²) in [6.45, 7) is 4.38. The van der Waals surface area contributed by atoms with Gasteiger partial charge in [0.25, 0.3) is 0 Å². The summed E-state index contributed by atoms with van der Waals surface area (Å²) in [6, 6.07) is 0. The van der Waals surface area contributed by atoms with Crippen LogP contribution in [0.2, 0.25) is 0 Å². The average Bonchev–Trinajstić information content (AvgIpc) is 1.86. The minimum atomic E-state index is 0.216. The van der Waals surface area contributed by atoms with E-state index in [0.717, 1.165) is 25.7 Å². The lowest BCUT2D eigenvalue weighted by molar-refractivity contribution is -0.121. The molecule has 1 saturated carbocycles. The van der Waals surface area contributed by atoms with E-state index in [0.29, 0.717) is 11.7 Å². The molecule has 0 aliphatic heterocycles. The highest BCUT2D eigenvalue weighted by atomic mass is 79.9. The number of halogens is 1. The highest BCUT2D eigenvalue weighted by Crippen LogP contribution is 2.36. The van der Waals surface area contributed by atoms with Gasteiger partial charge in [0, 0.05) is 17.2 Å². The van der Waals surface area contributed by atoms with Gasteiger partial charge in [0.05, 0.1) is 0 Å². The molecule has 0 radical (unpaired) electrons. The maximum absolute atomic E-state index is 10.9. The van der Waals surface area contributed by atoms with Gasteiger partial charge in [-0.1, -0.05) is 15.9 Å². The van der Waals surface area contributed by atoms with Crippen molar-refractivity contribution in [3.05, 3.63) is 0 Å². The van der Waals surface area contributed by atoms with Gasteiger partial charge in [-0.15, -0.1) is 0 Å². The summed E-state index contributed by atoms with van der Waals surface area (Å²) >= 11 is 3.65. The van der Waals surface area contributed by atoms with E-state index in [1.807, 2.05) is 0 Å². The highest BCUT2D eigenvalue weighted by Gasteiger charge is 2.29. The van der Waals surface area contributed by atoms with Gasteiger partial charge in [0.1, 0.15) is 5.78 Å². The van der Waals surface area contributed by atoms with Crippen LogP contribution in [0.4, 0.5) is 0 Å². The maximum atomic E-state index is 10.9. The Hall–Kier alpha value is 0.150. The Bertz CT molecular complexity index is 147. The van der Waals surface area contributed by atoms with Crippen molar-refractivity contribution in [2.24, 2.45) is 5.92 Å². The van der Waals surface area contributed by atoms with Gasteiger partial charge >= 0.3 is 0 Å². The molecule has 11 heavy (non-hydrogen) atoms. The molecule has 0 saturated heterocycles. The van der Waals surface area contributed by atoms with Crippen LogP contribution in [0.5, 0.6) is 0 Å². The molecule has 1 rings (SSSR count). The Morgan fingerprint density at radius 3 is 2.18 bits per heavy atom. The van der Waals surface area contributed by atoms with E-state index in [2.05, 4.69) is 29.8 Å². The molecule has 64 valence electrons. The fourth-order valence-electron chi connectivity index (χ4n) is 1.63. The molecule has 2 heteroatoms. The molecule has 1 fully saturated rings. The molecule has 0 bridgehead atoms. The van der Waals surface area contributed by atoms with E-state index >= 15 is 0 Å². The number of alkyl halides is 1. The van der Waals surface area contributed by atoms with Crippen LogP contribution in [0.1, 0.15) is 39.5 Å². The summed E-state index contributed by atoms with van der Waals surface area (Å²) < 4.78 is 0.216. The van der Waals surface area contributed by atoms with Crippen LogP contribution in [0.25, 0.3) is 0 Å². The Balaban J connectivity index is 2.45. The fourth-order valence-corrected chi connectivity index (χ4v) is 2.08. The maximum Gasteiger partial charge on any atom is 0.132 e. The zero-order chi connectivity index (χ0) is 8.48. The lowest BCUT2D eigenvalue weighted by atomic mass is 9.81. The first-order valence-electron chi connectivity index (χ1n) is 4.21. The third-order valence-electron chi connectivity index (χ3n) is 2.51. The third-order valence-corrected chi connectivity index (χ3v) is 3.16. The molecule has 0 amide bonds. The van der Waals surface area contributed by atoms with Gasteiger partial charge in [-0.3, -0.25) is 4.79 Å². The van der Waals surface area contributed by atoms with Gasteiger partial charge in [0.15, 0.2) is 0 Å². The third kappa shape index (κ3) is 2.58. The number of hydrogen-bond acceptors (Lipinski definition) is 1. The molecule has 0 N–H and O–H groups in total. The lowest BCUT2D eigenvalue weighted by Gasteiger charge is -2.31. The van der Waals surface area contributed by atoms with Crippen molar-refractivity contribution in [1.82, 2.24) is 0 Å². The number of ketones is 1. The normalized spacial score (nSPS) is 22.3. The molecule has 1 nitrogen and oxygen atoms in total. The first kappa shape index (κ1) is 9.24. The molecule has 0 aromatic heterocycles. The topological polar surface area (TPSA) is 17.1 Å². The van der Waals surface area contributed by atoms with Crippen molar-refractivity contribution in [3.63, 3.8) is 0 Å². The number of Topliss-reactive ketones (excluding diaryl/α,β-unsaturated/α-hetero) is 1. The van der Waals surface area contributed by atoms with Gasteiger partial charge in [-0.25, -0.2) is 0 Å². The largest absolute Gasteiger partial charge is 0.300 e. The summed E-state index contributed by atoms with van der Waals surface area (Å²) in [5.41, 5.74) is 0. The van der Waals surface area contributed by atoms with E-state index < -0.39 is 0 Å². The number of rotatable bonds is 1. The van der Waals surface area contributed by atoms with Crippen molar-refractivity contribution in [1.29, 1.82) is 0 Å². The van der Waals surface area contributed by atoms with Crippen molar-refractivity contribution in [2.45, 2.75) is 43.9 Å². The minimum absolute atomic E-state index is 0.216. The van der Waals surface area contributed by atoms with Crippen LogP contribution in [0.15, 0.2) is 0 Å². The van der Waals surface area contributed by atoms with E-state index in [1.165, 1.54) is 0 Å². The van der Waals surface area contributed by atoms with Crippen molar-refractivity contribution in [2.75, 3.05) is 0 Å². The zero-order valence-electron chi connectivity index (χ0n) is 7.19. The van der Waals surface area contributed by atoms with Gasteiger partial charge in [-0.2, -0.15) is 0 Å². The Morgan fingerprint density at radius 2 is 1.82 bits per heavy atom. The summed E-state index contributed by atoms with van der Waals surface area (Å²) in [5.74, 6) is 1.12. The average molecular weight is 219 g/mol. The smallest absolute Gasteiger partial charge is 0.132 e. The van der Waals surface area contributed by atoms with E-state index in [1.54, 1.807) is 0 Å². The fraction of sp³-hybridized carbons (Fsp3) is 0.889. The van der Waals surface area contributed by atoms with Crippen LogP contribution in [-0.4, -0.2) is 10.1 Å². The van der Waals surface area contributed by atoms with Crippen LogP contribution < -0.4 is 0 Å². The van der Waals surface area contributed by atoms with Crippen molar-refractivity contribution >= 4 is 21.7 Å². The monoisotopic (exact) mass is 218 g/mol. The van der Waals surface area contributed by atoms with Gasteiger partial charge < -0.3 is 0 Å². The Kier molecular flexibility index (Phi) is 2.74. The molecule has 0 atom stereocenters. The SMILES string of the molecule is CC(C)(Br)C1CCC(=O)CC1. The highest BCUT2D eigenvalue weighted by molar-refractivity contribution is 9.10. The lowest BCUT2D eigenvalue weighted by Crippen LogP contribution is -2.28. The first-order valence-corrected chi connectivity index (χ1v) is 5.00. The van der Waals surface area contributed by atoms with Crippen LogP contribution in [-0.2, 0) is 4.79 Å². The van der Waals surface area contributed by atoms with Crippen molar-refractivity contribution < 1.29 is 4.79 Å². The van der Waals surface area contributed by atoms with Crippen LogP contribution in [0.3, 0.4) is 0 Å². The van der Waals surface area contributed by atoms with Crippen LogP contribution in [0, 0.1) is 5.92 Å². The molecule has 1 aliphatic rings. The van der Waals surface area contributed by atoms with E-state index in [9.17, 15) is 4.79 Å². The predicted molar refractivity (Wildman–Crippen MR) is 50.0 cm³/mol. The molecular weight excluding hydrogens is 204 g/mol. The molecule has 0 aromatic carbocycles. The number of carbonyl (C=O) groups excluding carboxylic acids is 1. The Labute approximate surface area is 76.7 Å². The minimum Gasteiger partial charge on any atom is -0.300 e. The second-order valence-electron chi connectivity index (χ2n) is 3.88. The summed E-state index contributed by atoms with van der Waals surface area (Å²) in [4.78, 5) is 10.9. The molecule has 0 spiro atoms. The standard InChI is InChI=1S/C9H15BrO/c1-9(2,10)7-3-5-8(11)6-4-7/h7H,3-6H2,1-2H3. The second kappa shape index (κ2) is 3.26. The van der Waals surface area contributed by atoms with E-state index in [-0.39, 0.29) is 4.32 Å². The summed E-state index contributed by atoms with van der Waals surface area (Å²) in [5, 5.41) is 0. The van der Waals surface area contributed by atoms with Gasteiger partial charge in [0.2, 0.25) is 0 Å². The first-order chi connectivity index (χ1) is 5.00. The molecule has 0 heterocycles. The molecule has 0 unspecified atom stereocenters. The number of carbonyl (C=O) groups is 1. The zero-order valence-corrected chi connectivity index (χ0v) is 8.78. The van der Waals surface area contributed by atoms with Crippen molar-refractivity contribution in [3.8, 4) is 0 Å². The summed E-state index contributed by atoms with van der Waals surface area (Å²) in [7, 11) is 0.